The molecule has 0 aromatic rings. The van der Waals surface area contributed by atoms with Gasteiger partial charge in [-0.2, -0.15) is 0 Å². The Hall–Kier alpha value is -1.14. The molecular weight excluding hydrogens is 300 g/mol. The molecule has 1 aliphatic rings. The van der Waals surface area contributed by atoms with Gasteiger partial charge in [0, 0.05) is 12.8 Å². The minimum Gasteiger partial charge on any atom is -0.463 e. The van der Waals surface area contributed by atoms with E-state index >= 15 is 0 Å². The minimum atomic E-state index is -0.265. The number of hydrogen-bond acceptors (Lipinski definition) is 6. The minimum absolute atomic E-state index is 0.102. The van der Waals surface area contributed by atoms with E-state index in [1.54, 1.807) is 0 Å². The van der Waals surface area contributed by atoms with Crippen molar-refractivity contribution < 1.29 is 28.9 Å². The summed E-state index contributed by atoms with van der Waals surface area (Å²) in [6.45, 7) is 0.544. The lowest BCUT2D eigenvalue weighted by Crippen LogP contribution is -2.07. The van der Waals surface area contributed by atoms with E-state index in [0.717, 1.165) is 38.5 Å². The number of carbonyl (C=O) groups excluding carboxylic acids is 2. The molecule has 1 rings (SSSR count). The molecule has 0 aromatic heterocycles. The van der Waals surface area contributed by atoms with Crippen molar-refractivity contribution in [1.29, 1.82) is 0 Å². The van der Waals surface area contributed by atoms with Crippen LogP contribution in [0.4, 0.5) is 0 Å². The predicted molar refractivity (Wildman–Crippen MR) is 84.7 cm³/mol. The number of carbonyl (C=O) groups is 2. The monoisotopic (exact) mass is 330 g/mol. The number of aliphatic hydroxyl groups is 1. The topological polar surface area (TPSA) is 85.4 Å². The van der Waals surface area contributed by atoms with E-state index in [1.165, 1.54) is 19.3 Å². The van der Waals surface area contributed by atoms with Gasteiger partial charge in [-0.25, -0.2) is 0 Å². The van der Waals surface area contributed by atoms with Crippen molar-refractivity contribution in [3.8, 4) is 0 Å². The Bertz CT molecular complexity index is 327. The summed E-state index contributed by atoms with van der Waals surface area (Å²) < 4.78 is 14.6. The van der Waals surface area contributed by atoms with Gasteiger partial charge in [-0.05, 0) is 12.8 Å². The zero-order valence-electron chi connectivity index (χ0n) is 14.0. The molecule has 0 radical (unpaired) electrons. The van der Waals surface area contributed by atoms with Gasteiger partial charge in [0.15, 0.2) is 0 Å². The van der Waals surface area contributed by atoms with E-state index < -0.39 is 0 Å². The predicted octanol–water partition coefficient (Wildman–Crippen LogP) is 2.71. The highest BCUT2D eigenvalue weighted by Crippen LogP contribution is 2.14. The first-order valence-corrected chi connectivity index (χ1v) is 8.80. The Morgan fingerprint density at radius 2 is 1.35 bits per heavy atom. The molecular formula is C17H30O6. The van der Waals surface area contributed by atoms with Crippen LogP contribution in [0.2, 0.25) is 0 Å². The molecule has 1 aliphatic heterocycles. The third-order valence-electron chi connectivity index (χ3n) is 3.68. The van der Waals surface area contributed by atoms with Crippen molar-refractivity contribution in [3.05, 3.63) is 0 Å². The summed E-state index contributed by atoms with van der Waals surface area (Å²) >= 11 is 0. The second-order valence-electron chi connectivity index (χ2n) is 5.88. The lowest BCUT2D eigenvalue weighted by atomic mass is 10.1. The van der Waals surface area contributed by atoms with Gasteiger partial charge in [-0.1, -0.05) is 44.9 Å². The van der Waals surface area contributed by atoms with Crippen molar-refractivity contribution in [3.63, 3.8) is 0 Å². The Morgan fingerprint density at radius 1 is 0.870 bits per heavy atom. The summed E-state index contributed by atoms with van der Waals surface area (Å²) in [5.74, 6) is -0.365. The number of aliphatic hydroxyl groups excluding tert-OH is 1. The first kappa shape index (κ1) is 19.9. The van der Waals surface area contributed by atoms with Crippen molar-refractivity contribution in [2.75, 3.05) is 19.8 Å². The number of ether oxygens (including phenoxy) is 3. The van der Waals surface area contributed by atoms with Crippen molar-refractivity contribution in [1.82, 2.24) is 0 Å². The fourth-order valence-corrected chi connectivity index (χ4v) is 2.32. The molecule has 1 atom stereocenters. The van der Waals surface area contributed by atoms with Crippen LogP contribution in [0, 0.1) is 0 Å². The second-order valence-corrected chi connectivity index (χ2v) is 5.88. The maximum absolute atomic E-state index is 11.3. The molecule has 1 unspecified atom stereocenters. The van der Waals surface area contributed by atoms with Crippen LogP contribution in [0.1, 0.15) is 70.6 Å². The number of unbranched alkanes of at least 4 members (excludes halogenated alkanes) is 8. The lowest BCUT2D eigenvalue weighted by molar-refractivity contribution is -0.148. The zero-order chi connectivity index (χ0) is 16.8. The molecule has 1 saturated heterocycles. The Labute approximate surface area is 138 Å². The van der Waals surface area contributed by atoms with E-state index in [4.69, 9.17) is 19.3 Å². The average Bonchev–Trinajstić information content (AvgIpc) is 3.34. The molecule has 0 aliphatic carbocycles. The van der Waals surface area contributed by atoms with Crippen molar-refractivity contribution in [2.45, 2.75) is 76.9 Å². The van der Waals surface area contributed by atoms with E-state index in [2.05, 4.69) is 0 Å². The normalized spacial score (nSPS) is 16.1. The Morgan fingerprint density at radius 3 is 1.83 bits per heavy atom. The largest absolute Gasteiger partial charge is 0.463 e. The van der Waals surface area contributed by atoms with Gasteiger partial charge in [0.2, 0.25) is 6.29 Å². The van der Waals surface area contributed by atoms with Crippen LogP contribution < -0.4 is 0 Å². The maximum atomic E-state index is 11.3. The summed E-state index contributed by atoms with van der Waals surface area (Å²) in [7, 11) is 0. The fourth-order valence-electron chi connectivity index (χ4n) is 2.32. The SMILES string of the molecule is O=C(CCCCCCCCCCCC(=O)OC1CO1)OCCO. The summed E-state index contributed by atoms with van der Waals surface area (Å²) in [5.41, 5.74) is 0. The first-order valence-electron chi connectivity index (χ1n) is 8.80. The molecule has 0 aromatic carbocycles. The zero-order valence-corrected chi connectivity index (χ0v) is 14.0. The van der Waals surface area contributed by atoms with Crippen molar-refractivity contribution >= 4 is 11.9 Å². The quantitative estimate of drug-likeness (QED) is 0.282. The number of hydrogen-bond donors (Lipinski definition) is 1. The highest BCUT2D eigenvalue weighted by Gasteiger charge is 2.26. The number of rotatable bonds is 15. The maximum Gasteiger partial charge on any atom is 0.308 e. The molecule has 23 heavy (non-hydrogen) atoms. The van der Waals surface area contributed by atoms with Gasteiger partial charge in [0.25, 0.3) is 0 Å². The van der Waals surface area contributed by atoms with Gasteiger partial charge in [0.1, 0.15) is 13.2 Å². The molecule has 1 heterocycles. The molecule has 0 saturated carbocycles. The summed E-state index contributed by atoms with van der Waals surface area (Å²) in [6, 6.07) is 0. The van der Waals surface area contributed by atoms with Crippen LogP contribution in [0.15, 0.2) is 0 Å². The Kier molecular flexibility index (Phi) is 11.5. The molecule has 0 amide bonds. The second kappa shape index (κ2) is 13.3. The van der Waals surface area contributed by atoms with Gasteiger partial charge >= 0.3 is 11.9 Å². The molecule has 1 N–H and O–H groups in total. The summed E-state index contributed by atoms with van der Waals surface area (Å²) in [5, 5.41) is 8.52. The molecule has 134 valence electrons. The van der Waals surface area contributed by atoms with Gasteiger partial charge in [-0.3, -0.25) is 9.59 Å². The third-order valence-corrected chi connectivity index (χ3v) is 3.68. The summed E-state index contributed by atoms with van der Waals surface area (Å²) in [4.78, 5) is 22.5. The lowest BCUT2D eigenvalue weighted by Gasteiger charge is -2.04. The van der Waals surface area contributed by atoms with Crippen LogP contribution in [0.3, 0.4) is 0 Å². The summed E-state index contributed by atoms with van der Waals surface area (Å²) in [6.07, 6.45) is 10.4. The van der Waals surface area contributed by atoms with Crippen LogP contribution in [0.5, 0.6) is 0 Å². The third kappa shape index (κ3) is 13.0. The number of epoxide rings is 1. The number of esters is 2. The van der Waals surface area contributed by atoms with Crippen LogP contribution >= 0.6 is 0 Å². The van der Waals surface area contributed by atoms with Gasteiger partial charge in [0.05, 0.1) is 6.61 Å². The highest BCUT2D eigenvalue weighted by molar-refractivity contribution is 5.69. The van der Waals surface area contributed by atoms with Crippen LogP contribution in [-0.4, -0.2) is 43.2 Å². The Balaban J connectivity index is 1.72. The van der Waals surface area contributed by atoms with Gasteiger partial charge in [-0.15, -0.1) is 0 Å². The van der Waals surface area contributed by atoms with Gasteiger partial charge < -0.3 is 19.3 Å². The van der Waals surface area contributed by atoms with E-state index in [9.17, 15) is 9.59 Å². The highest BCUT2D eigenvalue weighted by atomic mass is 16.8. The molecule has 0 bridgehead atoms. The molecule has 0 spiro atoms. The molecule has 6 nitrogen and oxygen atoms in total. The smallest absolute Gasteiger partial charge is 0.308 e. The van der Waals surface area contributed by atoms with E-state index in [-0.39, 0.29) is 31.4 Å². The average molecular weight is 330 g/mol. The standard InChI is InChI=1S/C17H30O6/c18-12-13-21-15(19)10-8-6-4-2-1-3-5-7-9-11-16(20)23-17-14-22-17/h17-18H,1-14H2. The first-order chi connectivity index (χ1) is 11.2. The molecule has 6 heteroatoms. The fraction of sp³-hybridized carbons (Fsp3) is 0.882. The van der Waals surface area contributed by atoms with E-state index in [0.29, 0.717) is 19.4 Å². The van der Waals surface area contributed by atoms with Crippen LogP contribution in [0.25, 0.3) is 0 Å². The molecule has 1 fully saturated rings. The van der Waals surface area contributed by atoms with Crippen LogP contribution in [-0.2, 0) is 23.8 Å². The van der Waals surface area contributed by atoms with E-state index in [1.807, 2.05) is 0 Å². The van der Waals surface area contributed by atoms with Crippen molar-refractivity contribution in [2.24, 2.45) is 0 Å².